The fourth-order valence-corrected chi connectivity index (χ4v) is 2.09. The summed E-state index contributed by atoms with van der Waals surface area (Å²) in [6.07, 6.45) is 0. The quantitative estimate of drug-likeness (QED) is 0.874. The maximum absolute atomic E-state index is 8.98. The number of aliphatic hydroxyl groups is 1. The summed E-state index contributed by atoms with van der Waals surface area (Å²) in [4.78, 5) is 0. The molecule has 0 saturated heterocycles. The maximum Gasteiger partial charge on any atom is 0.133 e. The highest BCUT2D eigenvalue weighted by atomic mass is 79.9. The summed E-state index contributed by atoms with van der Waals surface area (Å²) in [5, 5.41) is 12.3. The van der Waals surface area contributed by atoms with Crippen LogP contribution in [0.2, 0.25) is 0 Å². The summed E-state index contributed by atoms with van der Waals surface area (Å²) >= 11 is 3.46. The van der Waals surface area contributed by atoms with Crippen molar-refractivity contribution in [2.24, 2.45) is 0 Å². The van der Waals surface area contributed by atoms with Crippen LogP contribution in [0.3, 0.4) is 0 Å². The zero-order chi connectivity index (χ0) is 12.1. The Bertz CT molecular complexity index is 344. The van der Waals surface area contributed by atoms with E-state index in [4.69, 9.17) is 9.84 Å². The van der Waals surface area contributed by atoms with E-state index in [-0.39, 0.29) is 18.7 Å². The Morgan fingerprint density at radius 2 is 2.12 bits per heavy atom. The van der Waals surface area contributed by atoms with E-state index in [9.17, 15) is 0 Å². The first-order valence-electron chi connectivity index (χ1n) is 5.28. The number of hydrogen-bond donors (Lipinski definition) is 2. The molecule has 16 heavy (non-hydrogen) atoms. The molecule has 0 spiro atoms. The molecule has 1 unspecified atom stereocenters. The molecule has 3 nitrogen and oxygen atoms in total. The molecule has 0 aliphatic rings. The second-order valence-electron chi connectivity index (χ2n) is 3.87. The molecule has 0 aliphatic carbocycles. The Hall–Kier alpha value is -0.580. The van der Waals surface area contributed by atoms with Gasteiger partial charge in [0.2, 0.25) is 0 Å². The molecule has 0 amide bonds. The largest absolute Gasteiger partial charge is 0.496 e. The SMILES string of the molecule is COc1ccc(C(C)N[C@H](C)CO)cc1Br. The van der Waals surface area contributed by atoms with Gasteiger partial charge in [-0.2, -0.15) is 0 Å². The van der Waals surface area contributed by atoms with Crippen molar-refractivity contribution in [3.63, 3.8) is 0 Å². The van der Waals surface area contributed by atoms with Crippen molar-refractivity contribution in [2.75, 3.05) is 13.7 Å². The molecule has 0 heterocycles. The molecule has 0 aliphatic heterocycles. The van der Waals surface area contributed by atoms with Gasteiger partial charge in [0.15, 0.2) is 0 Å². The number of hydrogen-bond acceptors (Lipinski definition) is 3. The van der Waals surface area contributed by atoms with Crippen LogP contribution in [0.15, 0.2) is 22.7 Å². The third kappa shape index (κ3) is 3.47. The smallest absolute Gasteiger partial charge is 0.133 e. The Morgan fingerprint density at radius 1 is 1.44 bits per heavy atom. The third-order valence-corrected chi connectivity index (χ3v) is 3.10. The van der Waals surface area contributed by atoms with Crippen LogP contribution in [0.1, 0.15) is 25.5 Å². The predicted octanol–water partition coefficient (Wildman–Crippen LogP) is 2.49. The summed E-state index contributed by atoms with van der Waals surface area (Å²) in [6.45, 7) is 4.16. The highest BCUT2D eigenvalue weighted by molar-refractivity contribution is 9.10. The van der Waals surface area contributed by atoms with Crippen LogP contribution in [-0.4, -0.2) is 24.9 Å². The number of halogens is 1. The van der Waals surface area contributed by atoms with Crippen LogP contribution < -0.4 is 10.1 Å². The topological polar surface area (TPSA) is 41.5 Å². The Morgan fingerprint density at radius 3 is 2.62 bits per heavy atom. The van der Waals surface area contributed by atoms with Crippen LogP contribution in [-0.2, 0) is 0 Å². The molecular formula is C12H18BrNO2. The minimum Gasteiger partial charge on any atom is -0.496 e. The van der Waals surface area contributed by atoms with Crippen LogP contribution in [0, 0.1) is 0 Å². The lowest BCUT2D eigenvalue weighted by Crippen LogP contribution is -2.31. The Labute approximate surface area is 105 Å². The van der Waals surface area contributed by atoms with Crippen molar-refractivity contribution in [3.05, 3.63) is 28.2 Å². The molecule has 0 fully saturated rings. The molecular weight excluding hydrogens is 270 g/mol. The lowest BCUT2D eigenvalue weighted by molar-refractivity contribution is 0.243. The minimum absolute atomic E-state index is 0.0934. The zero-order valence-electron chi connectivity index (χ0n) is 9.83. The van der Waals surface area contributed by atoms with Crippen molar-refractivity contribution < 1.29 is 9.84 Å². The summed E-state index contributed by atoms with van der Waals surface area (Å²) in [7, 11) is 1.65. The molecule has 1 aromatic carbocycles. The minimum atomic E-state index is 0.0934. The first-order valence-corrected chi connectivity index (χ1v) is 6.08. The summed E-state index contributed by atoms with van der Waals surface area (Å²) in [5.74, 6) is 0.825. The van der Waals surface area contributed by atoms with E-state index in [1.165, 1.54) is 0 Å². The fourth-order valence-electron chi connectivity index (χ4n) is 1.53. The van der Waals surface area contributed by atoms with Crippen molar-refractivity contribution in [3.8, 4) is 5.75 Å². The van der Waals surface area contributed by atoms with Gasteiger partial charge < -0.3 is 15.2 Å². The second kappa shape index (κ2) is 6.23. The molecule has 1 aromatic rings. The molecule has 2 atom stereocenters. The highest BCUT2D eigenvalue weighted by Crippen LogP contribution is 2.28. The molecule has 2 N–H and O–H groups in total. The monoisotopic (exact) mass is 287 g/mol. The Kier molecular flexibility index (Phi) is 5.25. The van der Waals surface area contributed by atoms with Gasteiger partial charge in [-0.05, 0) is 47.5 Å². The molecule has 0 saturated carbocycles. The normalized spacial score (nSPS) is 14.6. The standard InChI is InChI=1S/C12H18BrNO2/c1-8(7-15)14-9(2)10-4-5-12(16-3)11(13)6-10/h4-6,8-9,14-15H,7H2,1-3H3/t8-,9?/m1/s1. The first-order chi connectivity index (χ1) is 7.58. The van der Waals surface area contributed by atoms with E-state index >= 15 is 0 Å². The van der Waals surface area contributed by atoms with Crippen molar-refractivity contribution in [1.82, 2.24) is 5.32 Å². The molecule has 4 heteroatoms. The van der Waals surface area contributed by atoms with E-state index in [1.54, 1.807) is 7.11 Å². The summed E-state index contributed by atoms with van der Waals surface area (Å²) in [6, 6.07) is 6.27. The summed E-state index contributed by atoms with van der Waals surface area (Å²) in [5.41, 5.74) is 1.16. The number of aliphatic hydroxyl groups excluding tert-OH is 1. The lowest BCUT2D eigenvalue weighted by atomic mass is 10.1. The predicted molar refractivity (Wildman–Crippen MR) is 68.8 cm³/mol. The maximum atomic E-state index is 8.98. The Balaban J connectivity index is 2.76. The van der Waals surface area contributed by atoms with Crippen LogP contribution in [0.25, 0.3) is 0 Å². The van der Waals surface area contributed by atoms with Gasteiger partial charge in [-0.25, -0.2) is 0 Å². The summed E-state index contributed by atoms with van der Waals surface area (Å²) < 4.78 is 6.12. The molecule has 1 rings (SSSR count). The molecule has 0 aromatic heterocycles. The van der Waals surface area contributed by atoms with Gasteiger partial charge in [0, 0.05) is 12.1 Å². The van der Waals surface area contributed by atoms with Crippen LogP contribution in [0.4, 0.5) is 0 Å². The van der Waals surface area contributed by atoms with E-state index < -0.39 is 0 Å². The van der Waals surface area contributed by atoms with Crippen LogP contribution >= 0.6 is 15.9 Å². The van der Waals surface area contributed by atoms with E-state index in [2.05, 4.69) is 28.2 Å². The van der Waals surface area contributed by atoms with Gasteiger partial charge in [-0.1, -0.05) is 6.07 Å². The van der Waals surface area contributed by atoms with Crippen molar-refractivity contribution in [1.29, 1.82) is 0 Å². The van der Waals surface area contributed by atoms with E-state index in [1.807, 2.05) is 25.1 Å². The van der Waals surface area contributed by atoms with E-state index in [0.29, 0.717) is 0 Å². The second-order valence-corrected chi connectivity index (χ2v) is 4.72. The average Bonchev–Trinajstić information content (AvgIpc) is 2.28. The molecule has 90 valence electrons. The van der Waals surface area contributed by atoms with E-state index in [0.717, 1.165) is 15.8 Å². The molecule has 0 bridgehead atoms. The average molecular weight is 288 g/mol. The number of methoxy groups -OCH3 is 1. The first kappa shape index (κ1) is 13.5. The number of nitrogens with one attached hydrogen (secondary N) is 1. The van der Waals surface area contributed by atoms with Gasteiger partial charge in [0.25, 0.3) is 0 Å². The van der Waals surface area contributed by atoms with Crippen molar-refractivity contribution >= 4 is 15.9 Å². The van der Waals surface area contributed by atoms with Crippen molar-refractivity contribution in [2.45, 2.75) is 25.9 Å². The van der Waals surface area contributed by atoms with Crippen LogP contribution in [0.5, 0.6) is 5.75 Å². The van der Waals surface area contributed by atoms with Gasteiger partial charge >= 0.3 is 0 Å². The third-order valence-electron chi connectivity index (χ3n) is 2.48. The van der Waals surface area contributed by atoms with Gasteiger partial charge in [0.1, 0.15) is 5.75 Å². The number of benzene rings is 1. The zero-order valence-corrected chi connectivity index (χ0v) is 11.4. The highest BCUT2D eigenvalue weighted by Gasteiger charge is 2.10. The number of ether oxygens (including phenoxy) is 1. The van der Waals surface area contributed by atoms with Gasteiger partial charge in [0.05, 0.1) is 18.2 Å². The molecule has 0 radical (unpaired) electrons. The van der Waals surface area contributed by atoms with Gasteiger partial charge in [-0.3, -0.25) is 0 Å². The fraction of sp³-hybridized carbons (Fsp3) is 0.500. The van der Waals surface area contributed by atoms with Gasteiger partial charge in [-0.15, -0.1) is 0 Å². The number of rotatable bonds is 5. The lowest BCUT2D eigenvalue weighted by Gasteiger charge is -2.19.